The highest BCUT2D eigenvalue weighted by molar-refractivity contribution is 9.10. The third kappa shape index (κ3) is 2.94. The van der Waals surface area contributed by atoms with E-state index in [0.717, 1.165) is 34.7 Å². The predicted octanol–water partition coefficient (Wildman–Crippen LogP) is 4.28. The van der Waals surface area contributed by atoms with Crippen molar-refractivity contribution in [1.82, 2.24) is 0 Å². The van der Waals surface area contributed by atoms with Gasteiger partial charge in [0.15, 0.2) is 5.78 Å². The first-order chi connectivity index (χ1) is 8.61. The van der Waals surface area contributed by atoms with Crippen LogP contribution in [0.5, 0.6) is 0 Å². The van der Waals surface area contributed by atoms with Gasteiger partial charge in [-0.2, -0.15) is 0 Å². The van der Waals surface area contributed by atoms with Gasteiger partial charge in [-0.25, -0.2) is 0 Å². The van der Waals surface area contributed by atoms with Crippen LogP contribution < -0.4 is 4.90 Å². The first-order valence-electron chi connectivity index (χ1n) is 6.67. The molecule has 3 heteroatoms. The number of nitrogens with zero attached hydrogens (tertiary/aromatic N) is 1. The molecule has 0 radical (unpaired) electrons. The Balaban J connectivity index is 2.21. The smallest absolute Gasteiger partial charge is 0.161 e. The Morgan fingerprint density at radius 2 is 2.28 bits per heavy atom. The molecule has 98 valence electrons. The van der Waals surface area contributed by atoms with Crippen LogP contribution in [0, 0.1) is 5.92 Å². The number of ketones is 1. The van der Waals surface area contributed by atoms with Gasteiger partial charge in [0.05, 0.1) is 0 Å². The fourth-order valence-corrected chi connectivity index (χ4v) is 3.12. The second-order valence-electron chi connectivity index (χ2n) is 5.11. The van der Waals surface area contributed by atoms with Crippen LogP contribution in [0.2, 0.25) is 0 Å². The highest BCUT2D eigenvalue weighted by atomic mass is 79.9. The SMILES string of the molecule is CCCC1CCN(c2ccc(Br)cc2C(C)=O)C1. The Labute approximate surface area is 117 Å². The minimum Gasteiger partial charge on any atom is -0.371 e. The number of hydrogen-bond acceptors (Lipinski definition) is 2. The van der Waals surface area contributed by atoms with Crippen LogP contribution in [0.4, 0.5) is 5.69 Å². The van der Waals surface area contributed by atoms with Gasteiger partial charge in [0.1, 0.15) is 0 Å². The molecule has 1 aliphatic rings. The Morgan fingerprint density at radius 1 is 1.50 bits per heavy atom. The lowest BCUT2D eigenvalue weighted by Crippen LogP contribution is -2.21. The van der Waals surface area contributed by atoms with Gasteiger partial charge >= 0.3 is 0 Å². The van der Waals surface area contributed by atoms with Crippen molar-refractivity contribution in [3.05, 3.63) is 28.2 Å². The summed E-state index contributed by atoms with van der Waals surface area (Å²) in [5, 5.41) is 0. The second kappa shape index (κ2) is 5.87. The van der Waals surface area contributed by atoms with E-state index in [0.29, 0.717) is 0 Å². The summed E-state index contributed by atoms with van der Waals surface area (Å²) in [5.74, 6) is 0.934. The van der Waals surface area contributed by atoms with Crippen molar-refractivity contribution in [2.45, 2.75) is 33.1 Å². The van der Waals surface area contributed by atoms with E-state index >= 15 is 0 Å². The van der Waals surface area contributed by atoms with Crippen LogP contribution in [-0.4, -0.2) is 18.9 Å². The summed E-state index contributed by atoms with van der Waals surface area (Å²) in [4.78, 5) is 14.1. The summed E-state index contributed by atoms with van der Waals surface area (Å²) in [6.07, 6.45) is 3.79. The molecule has 1 aliphatic heterocycles. The molecule has 2 rings (SSSR count). The molecule has 1 heterocycles. The number of benzene rings is 1. The average molecular weight is 310 g/mol. The summed E-state index contributed by atoms with van der Waals surface area (Å²) >= 11 is 3.44. The van der Waals surface area contributed by atoms with Gasteiger partial charge in [0, 0.05) is 28.8 Å². The Kier molecular flexibility index (Phi) is 4.44. The Bertz CT molecular complexity index is 444. The molecule has 0 saturated carbocycles. The number of Topliss-reactive ketones (excluding diaryl/α,β-unsaturated/α-hetero) is 1. The van der Waals surface area contributed by atoms with Crippen LogP contribution in [-0.2, 0) is 0 Å². The maximum atomic E-state index is 11.7. The fraction of sp³-hybridized carbons (Fsp3) is 0.533. The van der Waals surface area contributed by atoms with Gasteiger partial charge in [0.2, 0.25) is 0 Å². The van der Waals surface area contributed by atoms with Crippen molar-refractivity contribution in [2.75, 3.05) is 18.0 Å². The van der Waals surface area contributed by atoms with Gasteiger partial charge in [0.25, 0.3) is 0 Å². The third-order valence-corrected chi connectivity index (χ3v) is 4.15. The first-order valence-corrected chi connectivity index (χ1v) is 7.46. The molecule has 1 aromatic rings. The molecule has 18 heavy (non-hydrogen) atoms. The molecule has 0 amide bonds. The van der Waals surface area contributed by atoms with Gasteiger partial charge in [-0.05, 0) is 43.9 Å². The quantitative estimate of drug-likeness (QED) is 0.774. The lowest BCUT2D eigenvalue weighted by Gasteiger charge is -2.21. The topological polar surface area (TPSA) is 20.3 Å². The van der Waals surface area contributed by atoms with E-state index in [1.54, 1.807) is 6.92 Å². The normalized spacial score (nSPS) is 19.3. The van der Waals surface area contributed by atoms with Crippen LogP contribution in [0.15, 0.2) is 22.7 Å². The van der Waals surface area contributed by atoms with Crippen molar-refractivity contribution in [3.8, 4) is 0 Å². The molecule has 2 nitrogen and oxygen atoms in total. The van der Waals surface area contributed by atoms with Gasteiger partial charge in [-0.1, -0.05) is 29.3 Å². The van der Waals surface area contributed by atoms with Crippen LogP contribution in [0.25, 0.3) is 0 Å². The van der Waals surface area contributed by atoms with Crippen molar-refractivity contribution in [2.24, 2.45) is 5.92 Å². The standard InChI is InChI=1S/C15H20BrNO/c1-3-4-12-7-8-17(10-12)15-6-5-13(16)9-14(15)11(2)18/h5-6,9,12H,3-4,7-8,10H2,1-2H3. The molecular weight excluding hydrogens is 290 g/mol. The number of halogens is 1. The lowest BCUT2D eigenvalue weighted by atomic mass is 10.0. The van der Waals surface area contributed by atoms with E-state index in [-0.39, 0.29) is 5.78 Å². The molecule has 0 aliphatic carbocycles. The van der Waals surface area contributed by atoms with Gasteiger partial charge in [-0.3, -0.25) is 4.79 Å². The summed E-state index contributed by atoms with van der Waals surface area (Å²) in [6.45, 7) is 6.05. The minimum atomic E-state index is 0.144. The molecule has 1 aromatic carbocycles. The van der Waals surface area contributed by atoms with Crippen molar-refractivity contribution in [1.29, 1.82) is 0 Å². The number of hydrogen-bond donors (Lipinski definition) is 0. The molecule has 1 saturated heterocycles. The number of carbonyl (C=O) groups is 1. The first kappa shape index (κ1) is 13.6. The molecule has 0 spiro atoms. The minimum absolute atomic E-state index is 0.144. The fourth-order valence-electron chi connectivity index (χ4n) is 2.76. The summed E-state index contributed by atoms with van der Waals surface area (Å²) in [5.41, 5.74) is 1.94. The Morgan fingerprint density at radius 3 is 2.94 bits per heavy atom. The molecule has 0 N–H and O–H groups in total. The summed E-state index contributed by atoms with van der Waals surface area (Å²) < 4.78 is 0.973. The maximum absolute atomic E-state index is 11.7. The Hall–Kier alpha value is -0.830. The van der Waals surface area contributed by atoms with E-state index in [1.165, 1.54) is 19.3 Å². The summed E-state index contributed by atoms with van der Waals surface area (Å²) in [7, 11) is 0. The molecule has 0 bridgehead atoms. The second-order valence-corrected chi connectivity index (χ2v) is 6.02. The monoisotopic (exact) mass is 309 g/mol. The third-order valence-electron chi connectivity index (χ3n) is 3.66. The summed E-state index contributed by atoms with van der Waals surface area (Å²) in [6, 6.07) is 6.02. The zero-order valence-corrected chi connectivity index (χ0v) is 12.7. The number of anilines is 1. The average Bonchev–Trinajstić information content (AvgIpc) is 2.78. The zero-order chi connectivity index (χ0) is 13.1. The molecule has 1 atom stereocenters. The van der Waals surface area contributed by atoms with E-state index in [9.17, 15) is 4.79 Å². The highest BCUT2D eigenvalue weighted by Crippen LogP contribution is 2.31. The van der Waals surface area contributed by atoms with E-state index in [2.05, 4.69) is 33.8 Å². The van der Waals surface area contributed by atoms with Crippen LogP contribution in [0.3, 0.4) is 0 Å². The van der Waals surface area contributed by atoms with Gasteiger partial charge in [-0.15, -0.1) is 0 Å². The van der Waals surface area contributed by atoms with Crippen LogP contribution in [0.1, 0.15) is 43.5 Å². The zero-order valence-electron chi connectivity index (χ0n) is 11.1. The van der Waals surface area contributed by atoms with Crippen molar-refractivity contribution >= 4 is 27.4 Å². The van der Waals surface area contributed by atoms with Crippen LogP contribution >= 0.6 is 15.9 Å². The highest BCUT2D eigenvalue weighted by Gasteiger charge is 2.24. The van der Waals surface area contributed by atoms with E-state index < -0.39 is 0 Å². The molecule has 1 fully saturated rings. The van der Waals surface area contributed by atoms with E-state index in [1.807, 2.05) is 12.1 Å². The number of carbonyl (C=O) groups excluding carboxylic acids is 1. The largest absolute Gasteiger partial charge is 0.371 e. The van der Waals surface area contributed by atoms with Gasteiger partial charge < -0.3 is 4.90 Å². The predicted molar refractivity (Wildman–Crippen MR) is 79.4 cm³/mol. The van der Waals surface area contributed by atoms with Crippen molar-refractivity contribution < 1.29 is 4.79 Å². The van der Waals surface area contributed by atoms with E-state index in [4.69, 9.17) is 0 Å². The maximum Gasteiger partial charge on any atom is 0.161 e. The molecule has 1 unspecified atom stereocenters. The number of rotatable bonds is 4. The lowest BCUT2D eigenvalue weighted by molar-refractivity contribution is 0.101. The molecular formula is C15H20BrNO. The van der Waals surface area contributed by atoms with Crippen molar-refractivity contribution in [3.63, 3.8) is 0 Å². The molecule has 0 aromatic heterocycles.